The van der Waals surface area contributed by atoms with Crippen molar-refractivity contribution in [3.63, 3.8) is 0 Å². The first-order chi connectivity index (χ1) is 15.2. The standard InChI is InChI=1S/C25H28N6/c1-29(2)22-9-6-8-19(18-22)23-10-7-17-31-24(23)27-25(28-31)26-20-11-13-21(14-12-20)30-15-4-3-5-16-30/h6-14,17-18H,3-5,15-16H2,1-2H3,(H,26,28). The van der Waals surface area contributed by atoms with Crippen LogP contribution in [0.15, 0.2) is 66.9 Å². The molecule has 0 spiro atoms. The van der Waals surface area contributed by atoms with Crippen molar-refractivity contribution in [2.45, 2.75) is 19.3 Å². The molecule has 0 aliphatic carbocycles. The molecule has 6 heteroatoms. The molecule has 5 rings (SSSR count). The summed E-state index contributed by atoms with van der Waals surface area (Å²) in [5, 5.41) is 8.00. The van der Waals surface area contributed by atoms with Crippen molar-refractivity contribution in [2.75, 3.05) is 42.3 Å². The number of pyridine rings is 1. The van der Waals surface area contributed by atoms with Crippen molar-refractivity contribution in [3.05, 3.63) is 66.9 Å². The van der Waals surface area contributed by atoms with Crippen molar-refractivity contribution in [3.8, 4) is 11.1 Å². The number of rotatable bonds is 5. The van der Waals surface area contributed by atoms with Gasteiger partial charge in [0.25, 0.3) is 0 Å². The van der Waals surface area contributed by atoms with Gasteiger partial charge in [0, 0.05) is 56.0 Å². The van der Waals surface area contributed by atoms with Crippen LogP contribution < -0.4 is 15.1 Å². The molecule has 2 aromatic heterocycles. The number of fused-ring (bicyclic) bond motifs is 1. The number of aromatic nitrogens is 3. The van der Waals surface area contributed by atoms with Gasteiger partial charge in [-0.05, 0) is 73.4 Å². The second kappa shape index (κ2) is 8.30. The van der Waals surface area contributed by atoms with E-state index in [1.165, 1.54) is 24.9 Å². The van der Waals surface area contributed by atoms with Gasteiger partial charge in [0.05, 0.1) is 0 Å². The summed E-state index contributed by atoms with van der Waals surface area (Å²) < 4.78 is 1.84. The lowest BCUT2D eigenvalue weighted by molar-refractivity contribution is 0.578. The minimum Gasteiger partial charge on any atom is -0.378 e. The highest BCUT2D eigenvalue weighted by molar-refractivity contribution is 5.80. The number of nitrogens with zero attached hydrogens (tertiary/aromatic N) is 5. The number of nitrogens with one attached hydrogen (secondary N) is 1. The Labute approximate surface area is 183 Å². The zero-order valence-electron chi connectivity index (χ0n) is 18.1. The van der Waals surface area contributed by atoms with Crippen LogP contribution in [0.5, 0.6) is 0 Å². The Morgan fingerprint density at radius 1 is 0.903 bits per heavy atom. The topological polar surface area (TPSA) is 48.7 Å². The van der Waals surface area contributed by atoms with Gasteiger partial charge in [-0.1, -0.05) is 12.1 Å². The van der Waals surface area contributed by atoms with Crippen LogP contribution in [-0.2, 0) is 0 Å². The molecule has 0 amide bonds. The highest BCUT2D eigenvalue weighted by Gasteiger charge is 2.13. The van der Waals surface area contributed by atoms with Crippen molar-refractivity contribution in [2.24, 2.45) is 0 Å². The van der Waals surface area contributed by atoms with E-state index in [9.17, 15) is 0 Å². The van der Waals surface area contributed by atoms with E-state index in [0.717, 1.165) is 41.2 Å². The van der Waals surface area contributed by atoms with E-state index < -0.39 is 0 Å². The molecular formula is C25H28N6. The van der Waals surface area contributed by atoms with E-state index in [2.05, 4.69) is 88.9 Å². The van der Waals surface area contributed by atoms with Gasteiger partial charge in [0.2, 0.25) is 5.95 Å². The Morgan fingerprint density at radius 2 is 1.71 bits per heavy atom. The third kappa shape index (κ3) is 4.06. The normalized spacial score (nSPS) is 14.1. The molecule has 4 aromatic rings. The Morgan fingerprint density at radius 3 is 2.48 bits per heavy atom. The van der Waals surface area contributed by atoms with Crippen LogP contribution >= 0.6 is 0 Å². The van der Waals surface area contributed by atoms with E-state index in [4.69, 9.17) is 4.98 Å². The Bertz CT molecular complexity index is 1170. The van der Waals surface area contributed by atoms with Gasteiger partial charge in [-0.2, -0.15) is 4.98 Å². The molecule has 1 aliphatic heterocycles. The largest absolute Gasteiger partial charge is 0.378 e. The highest BCUT2D eigenvalue weighted by Crippen LogP contribution is 2.28. The van der Waals surface area contributed by atoms with E-state index in [1.54, 1.807) is 0 Å². The zero-order valence-corrected chi connectivity index (χ0v) is 18.1. The van der Waals surface area contributed by atoms with Gasteiger partial charge in [-0.25, -0.2) is 4.52 Å². The molecule has 0 radical (unpaired) electrons. The van der Waals surface area contributed by atoms with Gasteiger partial charge in [0.1, 0.15) is 0 Å². The minimum absolute atomic E-state index is 0.599. The molecule has 31 heavy (non-hydrogen) atoms. The first-order valence-electron chi connectivity index (χ1n) is 10.9. The number of hydrogen-bond donors (Lipinski definition) is 1. The molecule has 0 unspecified atom stereocenters. The van der Waals surface area contributed by atoms with Crippen LogP contribution in [0.3, 0.4) is 0 Å². The fourth-order valence-corrected chi connectivity index (χ4v) is 4.17. The van der Waals surface area contributed by atoms with Crippen molar-refractivity contribution in [1.82, 2.24) is 14.6 Å². The summed E-state index contributed by atoms with van der Waals surface area (Å²) in [6.45, 7) is 2.30. The summed E-state index contributed by atoms with van der Waals surface area (Å²) >= 11 is 0. The molecule has 0 saturated carbocycles. The maximum absolute atomic E-state index is 4.79. The summed E-state index contributed by atoms with van der Waals surface area (Å²) in [5.41, 5.74) is 6.47. The number of benzene rings is 2. The molecule has 1 N–H and O–H groups in total. The van der Waals surface area contributed by atoms with E-state index in [0.29, 0.717) is 5.95 Å². The predicted octanol–water partition coefficient (Wildman–Crippen LogP) is 5.20. The third-order valence-electron chi connectivity index (χ3n) is 5.88. The molecule has 2 aromatic carbocycles. The lowest BCUT2D eigenvalue weighted by Gasteiger charge is -2.28. The molecule has 1 fully saturated rings. The van der Waals surface area contributed by atoms with Crippen molar-refractivity contribution < 1.29 is 0 Å². The van der Waals surface area contributed by atoms with Crippen molar-refractivity contribution >= 4 is 28.7 Å². The average molecular weight is 413 g/mol. The number of anilines is 4. The summed E-state index contributed by atoms with van der Waals surface area (Å²) in [5.74, 6) is 0.599. The van der Waals surface area contributed by atoms with Crippen molar-refractivity contribution in [1.29, 1.82) is 0 Å². The van der Waals surface area contributed by atoms with Crippen LogP contribution in [-0.4, -0.2) is 41.8 Å². The fraction of sp³-hybridized carbons (Fsp3) is 0.280. The second-order valence-electron chi connectivity index (χ2n) is 8.29. The third-order valence-corrected chi connectivity index (χ3v) is 5.88. The molecule has 6 nitrogen and oxygen atoms in total. The summed E-state index contributed by atoms with van der Waals surface area (Å²) in [7, 11) is 4.10. The maximum atomic E-state index is 4.79. The Hall–Kier alpha value is -3.54. The van der Waals surface area contributed by atoms with E-state index in [1.807, 2.05) is 16.8 Å². The first kappa shape index (κ1) is 19.4. The fourth-order valence-electron chi connectivity index (χ4n) is 4.17. The smallest absolute Gasteiger partial charge is 0.247 e. The SMILES string of the molecule is CN(C)c1cccc(-c2cccn3nc(Nc4ccc(N5CCCCC5)cc4)nc23)c1. The predicted molar refractivity (Wildman–Crippen MR) is 129 cm³/mol. The lowest BCUT2D eigenvalue weighted by atomic mass is 10.1. The van der Waals surface area contributed by atoms with E-state index >= 15 is 0 Å². The lowest BCUT2D eigenvalue weighted by Crippen LogP contribution is -2.29. The quantitative estimate of drug-likeness (QED) is 0.488. The van der Waals surface area contributed by atoms with Gasteiger partial charge < -0.3 is 15.1 Å². The summed E-state index contributed by atoms with van der Waals surface area (Å²) in [4.78, 5) is 9.36. The summed E-state index contributed by atoms with van der Waals surface area (Å²) in [6.07, 6.45) is 5.85. The molecule has 1 aliphatic rings. The first-order valence-corrected chi connectivity index (χ1v) is 10.9. The van der Waals surface area contributed by atoms with Gasteiger partial charge >= 0.3 is 0 Å². The van der Waals surface area contributed by atoms with Gasteiger partial charge in [-0.3, -0.25) is 0 Å². The Balaban J connectivity index is 1.40. The van der Waals surface area contributed by atoms with Crippen LogP contribution in [0.1, 0.15) is 19.3 Å². The second-order valence-corrected chi connectivity index (χ2v) is 8.29. The van der Waals surface area contributed by atoms with Crippen LogP contribution in [0.25, 0.3) is 16.8 Å². The zero-order chi connectivity index (χ0) is 21.2. The van der Waals surface area contributed by atoms with Gasteiger partial charge in [-0.15, -0.1) is 5.10 Å². The minimum atomic E-state index is 0.599. The molecule has 1 saturated heterocycles. The van der Waals surface area contributed by atoms with Crippen LogP contribution in [0, 0.1) is 0 Å². The molecule has 3 heterocycles. The molecule has 158 valence electrons. The maximum Gasteiger partial charge on any atom is 0.247 e. The number of piperidine rings is 1. The van der Waals surface area contributed by atoms with Crippen LogP contribution in [0.2, 0.25) is 0 Å². The highest BCUT2D eigenvalue weighted by atomic mass is 15.3. The summed E-state index contributed by atoms with van der Waals surface area (Å²) in [6, 6.07) is 21.2. The number of hydrogen-bond acceptors (Lipinski definition) is 5. The molecule has 0 bridgehead atoms. The van der Waals surface area contributed by atoms with Gasteiger partial charge in [0.15, 0.2) is 5.65 Å². The Kier molecular flexibility index (Phi) is 5.20. The average Bonchev–Trinajstić information content (AvgIpc) is 3.22. The molecular weight excluding hydrogens is 384 g/mol. The molecule has 0 atom stereocenters. The van der Waals surface area contributed by atoms with E-state index in [-0.39, 0.29) is 0 Å². The van der Waals surface area contributed by atoms with Crippen LogP contribution in [0.4, 0.5) is 23.0 Å². The monoisotopic (exact) mass is 412 g/mol.